The van der Waals surface area contributed by atoms with Crippen LogP contribution in [0.25, 0.3) is 0 Å². The molecule has 0 aliphatic rings. The van der Waals surface area contributed by atoms with Crippen LogP contribution < -0.4 is 5.73 Å². The molecular formula is C12H18BrN5. The molecule has 0 aliphatic carbocycles. The van der Waals surface area contributed by atoms with Gasteiger partial charge in [0.1, 0.15) is 5.82 Å². The third-order valence-corrected chi connectivity index (χ3v) is 4.09. The van der Waals surface area contributed by atoms with Gasteiger partial charge in [0.15, 0.2) is 0 Å². The summed E-state index contributed by atoms with van der Waals surface area (Å²) in [7, 11) is 1.96. The lowest BCUT2D eigenvalue weighted by Crippen LogP contribution is -2.19. The first kappa shape index (κ1) is 13.3. The van der Waals surface area contributed by atoms with Crippen LogP contribution in [0.5, 0.6) is 0 Å². The maximum Gasteiger partial charge on any atom is 0.125 e. The van der Waals surface area contributed by atoms with Crippen molar-refractivity contribution in [1.29, 1.82) is 0 Å². The van der Waals surface area contributed by atoms with Crippen molar-refractivity contribution in [2.24, 2.45) is 12.8 Å². The monoisotopic (exact) mass is 311 g/mol. The first-order valence-corrected chi connectivity index (χ1v) is 6.78. The summed E-state index contributed by atoms with van der Waals surface area (Å²) in [6.07, 6.45) is 4.40. The lowest BCUT2D eigenvalue weighted by molar-refractivity contribution is 0.564. The lowest BCUT2D eigenvalue weighted by atomic mass is 10.1. The fourth-order valence-electron chi connectivity index (χ4n) is 2.10. The van der Waals surface area contributed by atoms with Crippen LogP contribution in [0, 0.1) is 6.92 Å². The molecule has 0 saturated carbocycles. The van der Waals surface area contributed by atoms with Crippen LogP contribution in [0.3, 0.4) is 0 Å². The summed E-state index contributed by atoms with van der Waals surface area (Å²) >= 11 is 3.59. The van der Waals surface area contributed by atoms with Gasteiger partial charge in [-0.3, -0.25) is 4.68 Å². The number of halogens is 1. The van der Waals surface area contributed by atoms with E-state index in [1.54, 1.807) is 6.20 Å². The van der Waals surface area contributed by atoms with Crippen LogP contribution in [-0.2, 0) is 20.0 Å². The standard InChI is InChI=1S/C12H18BrN5/c1-4-18-10(11(13)8(2)16-18)7-9(14)12-15-5-6-17(12)3/h5-6,9H,4,7,14H2,1-3H3. The molecule has 0 saturated heterocycles. The Labute approximate surface area is 115 Å². The summed E-state index contributed by atoms with van der Waals surface area (Å²) in [5, 5.41) is 4.47. The Hall–Kier alpha value is -1.14. The second kappa shape index (κ2) is 5.24. The molecule has 0 bridgehead atoms. The van der Waals surface area contributed by atoms with Crippen molar-refractivity contribution in [2.75, 3.05) is 0 Å². The van der Waals surface area contributed by atoms with Crippen molar-refractivity contribution in [3.63, 3.8) is 0 Å². The molecule has 2 N–H and O–H groups in total. The Balaban J connectivity index is 2.27. The topological polar surface area (TPSA) is 61.7 Å². The highest BCUT2D eigenvalue weighted by molar-refractivity contribution is 9.10. The number of hydrogen-bond donors (Lipinski definition) is 1. The fraction of sp³-hybridized carbons (Fsp3) is 0.500. The van der Waals surface area contributed by atoms with Gasteiger partial charge in [0.25, 0.3) is 0 Å². The molecule has 0 amide bonds. The van der Waals surface area contributed by atoms with Crippen LogP contribution in [0.4, 0.5) is 0 Å². The van der Waals surface area contributed by atoms with E-state index in [1.165, 1.54) is 0 Å². The highest BCUT2D eigenvalue weighted by Gasteiger charge is 2.18. The van der Waals surface area contributed by atoms with Crippen LogP contribution in [0.15, 0.2) is 16.9 Å². The van der Waals surface area contributed by atoms with Crippen molar-refractivity contribution in [3.05, 3.63) is 34.1 Å². The van der Waals surface area contributed by atoms with Crippen molar-refractivity contribution in [3.8, 4) is 0 Å². The zero-order valence-electron chi connectivity index (χ0n) is 10.9. The van der Waals surface area contributed by atoms with Gasteiger partial charge in [-0.1, -0.05) is 0 Å². The maximum atomic E-state index is 6.23. The van der Waals surface area contributed by atoms with Gasteiger partial charge in [-0.05, 0) is 29.8 Å². The minimum atomic E-state index is -0.123. The summed E-state index contributed by atoms with van der Waals surface area (Å²) in [5.41, 5.74) is 8.36. The van der Waals surface area contributed by atoms with Crippen molar-refractivity contribution < 1.29 is 0 Å². The predicted molar refractivity (Wildman–Crippen MR) is 74.2 cm³/mol. The van der Waals surface area contributed by atoms with Gasteiger partial charge in [0.2, 0.25) is 0 Å². The van der Waals surface area contributed by atoms with Crippen LogP contribution in [0.2, 0.25) is 0 Å². The first-order valence-electron chi connectivity index (χ1n) is 5.99. The number of aromatic nitrogens is 4. The SMILES string of the molecule is CCn1nc(C)c(Br)c1CC(N)c1nccn1C. The Kier molecular flexibility index (Phi) is 3.87. The Morgan fingerprint density at radius 3 is 2.78 bits per heavy atom. The molecule has 0 spiro atoms. The number of nitrogens with zero attached hydrogens (tertiary/aromatic N) is 4. The lowest BCUT2D eigenvalue weighted by Gasteiger charge is -2.13. The summed E-state index contributed by atoms with van der Waals surface area (Å²) in [5.74, 6) is 0.892. The summed E-state index contributed by atoms with van der Waals surface area (Å²) in [6, 6.07) is -0.123. The van der Waals surface area contributed by atoms with E-state index in [9.17, 15) is 0 Å². The van der Waals surface area contributed by atoms with Gasteiger partial charge in [-0.2, -0.15) is 5.10 Å². The van der Waals surface area contributed by atoms with Gasteiger partial charge in [-0.25, -0.2) is 4.98 Å². The van der Waals surface area contributed by atoms with Crippen LogP contribution in [-0.4, -0.2) is 19.3 Å². The minimum absolute atomic E-state index is 0.123. The molecular weight excluding hydrogens is 294 g/mol. The van der Waals surface area contributed by atoms with Crippen LogP contribution in [0.1, 0.15) is 30.2 Å². The molecule has 0 fully saturated rings. The normalized spacial score (nSPS) is 12.9. The van der Waals surface area contributed by atoms with Crippen molar-refractivity contribution >= 4 is 15.9 Å². The van der Waals surface area contributed by atoms with Crippen LogP contribution >= 0.6 is 15.9 Å². The van der Waals surface area contributed by atoms with Gasteiger partial charge in [0.05, 0.1) is 21.9 Å². The molecule has 0 aromatic carbocycles. The average Bonchev–Trinajstić information content (AvgIpc) is 2.87. The molecule has 5 nitrogen and oxygen atoms in total. The highest BCUT2D eigenvalue weighted by atomic mass is 79.9. The minimum Gasteiger partial charge on any atom is -0.337 e. The zero-order chi connectivity index (χ0) is 13.3. The molecule has 1 unspecified atom stereocenters. The number of nitrogens with two attached hydrogens (primary N) is 1. The molecule has 18 heavy (non-hydrogen) atoms. The van der Waals surface area contributed by atoms with Gasteiger partial charge in [0, 0.05) is 32.4 Å². The van der Waals surface area contributed by atoms with E-state index in [0.717, 1.165) is 34.7 Å². The Morgan fingerprint density at radius 1 is 1.50 bits per heavy atom. The van der Waals surface area contributed by atoms with E-state index in [-0.39, 0.29) is 6.04 Å². The predicted octanol–water partition coefficient (Wildman–Crippen LogP) is 1.95. The largest absolute Gasteiger partial charge is 0.337 e. The molecule has 0 radical (unpaired) electrons. The molecule has 2 rings (SSSR count). The zero-order valence-corrected chi connectivity index (χ0v) is 12.5. The van der Waals surface area contributed by atoms with E-state index in [1.807, 2.05) is 29.4 Å². The molecule has 2 heterocycles. The smallest absolute Gasteiger partial charge is 0.125 e. The average molecular weight is 312 g/mol. The number of hydrogen-bond acceptors (Lipinski definition) is 3. The molecule has 2 aromatic heterocycles. The summed E-state index contributed by atoms with van der Waals surface area (Å²) in [4.78, 5) is 4.30. The summed E-state index contributed by atoms with van der Waals surface area (Å²) < 4.78 is 4.99. The van der Waals surface area contributed by atoms with E-state index in [4.69, 9.17) is 5.73 Å². The first-order chi connectivity index (χ1) is 8.54. The van der Waals surface area contributed by atoms with Gasteiger partial charge < -0.3 is 10.3 Å². The second-order valence-electron chi connectivity index (χ2n) is 4.37. The quantitative estimate of drug-likeness (QED) is 0.938. The Morgan fingerprint density at radius 2 is 2.22 bits per heavy atom. The maximum absolute atomic E-state index is 6.23. The van der Waals surface area contributed by atoms with Gasteiger partial charge >= 0.3 is 0 Å². The molecule has 2 aromatic rings. The highest BCUT2D eigenvalue weighted by Crippen LogP contribution is 2.25. The fourth-order valence-corrected chi connectivity index (χ4v) is 2.54. The number of imidazole rings is 1. The molecule has 0 aliphatic heterocycles. The number of aryl methyl sites for hydroxylation is 3. The van der Waals surface area contributed by atoms with E-state index < -0.39 is 0 Å². The van der Waals surface area contributed by atoms with Crippen molar-refractivity contribution in [2.45, 2.75) is 32.9 Å². The third-order valence-electron chi connectivity index (χ3n) is 3.06. The second-order valence-corrected chi connectivity index (χ2v) is 5.16. The molecule has 1 atom stereocenters. The van der Waals surface area contributed by atoms with E-state index in [2.05, 4.69) is 32.9 Å². The van der Waals surface area contributed by atoms with Gasteiger partial charge in [-0.15, -0.1) is 0 Å². The Bertz CT molecular complexity index is 543. The van der Waals surface area contributed by atoms with E-state index >= 15 is 0 Å². The third kappa shape index (κ3) is 2.35. The molecule has 98 valence electrons. The molecule has 6 heteroatoms. The van der Waals surface area contributed by atoms with E-state index in [0.29, 0.717) is 0 Å². The van der Waals surface area contributed by atoms with Crippen molar-refractivity contribution in [1.82, 2.24) is 19.3 Å². The summed E-state index contributed by atoms with van der Waals surface area (Å²) in [6.45, 7) is 4.91. The number of rotatable bonds is 4.